The van der Waals surface area contributed by atoms with Gasteiger partial charge in [0.2, 0.25) is 0 Å². The van der Waals surface area contributed by atoms with Crippen LogP contribution in [0.25, 0.3) is 11.1 Å². The summed E-state index contributed by atoms with van der Waals surface area (Å²) >= 11 is 0. The summed E-state index contributed by atoms with van der Waals surface area (Å²) in [6.45, 7) is 2.26. The Kier molecular flexibility index (Phi) is 8.31. The fraction of sp³-hybridized carbons (Fsp3) is 0.419. The third kappa shape index (κ3) is 6.53. The van der Waals surface area contributed by atoms with E-state index in [0.717, 1.165) is 29.9 Å². The number of hydrogen-bond acceptors (Lipinski definition) is 0. The Morgan fingerprint density at radius 1 is 0.727 bits per heavy atom. The van der Waals surface area contributed by atoms with Gasteiger partial charge in [0.05, 0.1) is 0 Å². The third-order valence-corrected chi connectivity index (χ3v) is 7.41. The molecule has 2 heteroatoms. The van der Waals surface area contributed by atoms with Crippen molar-refractivity contribution in [3.63, 3.8) is 0 Å². The molecule has 1 aliphatic carbocycles. The first-order chi connectivity index (χ1) is 16.1. The van der Waals surface area contributed by atoms with E-state index < -0.39 is 0 Å². The van der Waals surface area contributed by atoms with Crippen molar-refractivity contribution < 1.29 is 8.78 Å². The van der Waals surface area contributed by atoms with E-state index >= 15 is 4.39 Å². The predicted molar refractivity (Wildman–Crippen MR) is 134 cm³/mol. The quantitative estimate of drug-likeness (QED) is 0.287. The van der Waals surface area contributed by atoms with Crippen LogP contribution >= 0.6 is 0 Å². The molecule has 0 N–H and O–H groups in total. The van der Waals surface area contributed by atoms with Gasteiger partial charge in [-0.25, -0.2) is 8.78 Å². The Morgan fingerprint density at radius 3 is 1.97 bits per heavy atom. The SMILES string of the molecule is CCCCC[C@H]1CC[C@H](c2ccc(-c3ccc(CCc4ccc(F)cc4)cc3)c(F)c2)CC1. The van der Waals surface area contributed by atoms with Crippen LogP contribution in [0, 0.1) is 17.6 Å². The van der Waals surface area contributed by atoms with Gasteiger partial charge in [-0.15, -0.1) is 0 Å². The number of benzene rings is 3. The van der Waals surface area contributed by atoms with Crippen LogP contribution in [-0.4, -0.2) is 0 Å². The standard InChI is InChI=1S/C31H36F2/c1-2-3-4-5-23-8-14-26(15-9-23)28-18-21-30(31(33)22-28)27-16-10-24(11-17-27)6-7-25-12-19-29(32)20-13-25/h10-13,16-23,26H,2-9,14-15H2,1H3/t23-,26-. The Bertz CT molecular complexity index is 996. The smallest absolute Gasteiger partial charge is 0.131 e. The lowest BCUT2D eigenvalue weighted by atomic mass is 9.77. The summed E-state index contributed by atoms with van der Waals surface area (Å²) < 4.78 is 28.1. The maximum Gasteiger partial charge on any atom is 0.131 e. The molecule has 3 aromatic carbocycles. The molecule has 0 spiro atoms. The Labute approximate surface area is 198 Å². The van der Waals surface area contributed by atoms with Crippen LogP contribution in [0.4, 0.5) is 8.78 Å². The molecular weight excluding hydrogens is 410 g/mol. The molecule has 174 valence electrons. The second-order valence-electron chi connectivity index (χ2n) is 9.78. The molecule has 0 radical (unpaired) electrons. The van der Waals surface area contributed by atoms with E-state index in [1.54, 1.807) is 6.07 Å². The van der Waals surface area contributed by atoms with Crippen molar-refractivity contribution in [2.75, 3.05) is 0 Å². The highest BCUT2D eigenvalue weighted by atomic mass is 19.1. The topological polar surface area (TPSA) is 0 Å². The minimum atomic E-state index is -0.203. The van der Waals surface area contributed by atoms with Crippen LogP contribution in [0.15, 0.2) is 66.7 Å². The summed E-state index contributed by atoms with van der Waals surface area (Å²) in [6, 6.07) is 20.7. The molecule has 0 amide bonds. The summed E-state index contributed by atoms with van der Waals surface area (Å²) in [4.78, 5) is 0. The van der Waals surface area contributed by atoms with Gasteiger partial charge < -0.3 is 0 Å². The third-order valence-electron chi connectivity index (χ3n) is 7.41. The molecule has 0 aliphatic heterocycles. The molecule has 1 saturated carbocycles. The van der Waals surface area contributed by atoms with Gasteiger partial charge in [-0.05, 0) is 90.8 Å². The van der Waals surface area contributed by atoms with E-state index in [4.69, 9.17) is 0 Å². The molecule has 0 atom stereocenters. The average Bonchev–Trinajstić information content (AvgIpc) is 2.85. The molecule has 3 aromatic rings. The molecule has 0 saturated heterocycles. The summed E-state index contributed by atoms with van der Waals surface area (Å²) in [7, 11) is 0. The molecule has 0 aromatic heterocycles. The van der Waals surface area contributed by atoms with E-state index in [1.807, 2.05) is 30.3 Å². The summed E-state index contributed by atoms with van der Waals surface area (Å²) in [6.07, 6.45) is 12.1. The predicted octanol–water partition coefficient (Wildman–Crippen LogP) is 9.27. The summed E-state index contributed by atoms with van der Waals surface area (Å²) in [5.41, 5.74) is 5.09. The van der Waals surface area contributed by atoms with Gasteiger partial charge in [0.25, 0.3) is 0 Å². The van der Waals surface area contributed by atoms with Crippen LogP contribution in [-0.2, 0) is 12.8 Å². The van der Waals surface area contributed by atoms with E-state index in [0.29, 0.717) is 11.5 Å². The van der Waals surface area contributed by atoms with Crippen molar-refractivity contribution in [3.8, 4) is 11.1 Å². The molecule has 0 bridgehead atoms. The first kappa shape index (κ1) is 23.7. The number of rotatable bonds is 9. The second-order valence-corrected chi connectivity index (χ2v) is 9.78. The highest BCUT2D eigenvalue weighted by molar-refractivity contribution is 5.65. The van der Waals surface area contributed by atoms with Crippen molar-refractivity contribution in [1.82, 2.24) is 0 Å². The van der Waals surface area contributed by atoms with Gasteiger partial charge in [0, 0.05) is 5.56 Å². The minimum absolute atomic E-state index is 0.114. The lowest BCUT2D eigenvalue weighted by Gasteiger charge is -2.29. The fourth-order valence-electron chi connectivity index (χ4n) is 5.28. The maximum atomic E-state index is 15.0. The van der Waals surface area contributed by atoms with Gasteiger partial charge in [0.15, 0.2) is 0 Å². The Morgan fingerprint density at radius 2 is 1.36 bits per heavy atom. The van der Waals surface area contributed by atoms with E-state index in [2.05, 4.69) is 25.1 Å². The number of halogens is 2. The zero-order chi connectivity index (χ0) is 23.0. The lowest BCUT2D eigenvalue weighted by Crippen LogP contribution is -2.13. The van der Waals surface area contributed by atoms with Gasteiger partial charge >= 0.3 is 0 Å². The average molecular weight is 447 g/mol. The second kappa shape index (κ2) is 11.6. The van der Waals surface area contributed by atoms with Crippen LogP contribution < -0.4 is 0 Å². The van der Waals surface area contributed by atoms with Crippen LogP contribution in [0.3, 0.4) is 0 Å². The van der Waals surface area contributed by atoms with Crippen molar-refractivity contribution in [1.29, 1.82) is 0 Å². The van der Waals surface area contributed by atoms with Crippen molar-refractivity contribution in [2.24, 2.45) is 5.92 Å². The number of aryl methyl sites for hydroxylation is 2. The lowest BCUT2D eigenvalue weighted by molar-refractivity contribution is 0.302. The molecular formula is C31H36F2. The van der Waals surface area contributed by atoms with Crippen molar-refractivity contribution in [2.45, 2.75) is 77.0 Å². The summed E-state index contributed by atoms with van der Waals surface area (Å²) in [5, 5.41) is 0. The van der Waals surface area contributed by atoms with Crippen LogP contribution in [0.5, 0.6) is 0 Å². The molecule has 0 nitrogen and oxygen atoms in total. The molecule has 0 heterocycles. The first-order valence-corrected chi connectivity index (χ1v) is 12.8. The van der Waals surface area contributed by atoms with Crippen LogP contribution in [0.1, 0.15) is 80.9 Å². The normalized spacial score (nSPS) is 18.4. The highest BCUT2D eigenvalue weighted by Crippen LogP contribution is 2.39. The van der Waals surface area contributed by atoms with Crippen molar-refractivity contribution >= 4 is 0 Å². The highest BCUT2D eigenvalue weighted by Gasteiger charge is 2.23. The van der Waals surface area contributed by atoms with Crippen LogP contribution in [0.2, 0.25) is 0 Å². The summed E-state index contributed by atoms with van der Waals surface area (Å²) in [5.74, 6) is 1.06. The van der Waals surface area contributed by atoms with Crippen molar-refractivity contribution in [3.05, 3.63) is 95.1 Å². The maximum absolute atomic E-state index is 15.0. The Hall–Kier alpha value is -2.48. The van der Waals surface area contributed by atoms with E-state index in [-0.39, 0.29) is 11.6 Å². The zero-order valence-corrected chi connectivity index (χ0v) is 19.8. The Balaban J connectivity index is 1.33. The largest absolute Gasteiger partial charge is 0.207 e. The number of unbranched alkanes of at least 4 members (excludes halogenated alkanes) is 2. The molecule has 1 aliphatic rings. The molecule has 33 heavy (non-hydrogen) atoms. The fourth-order valence-corrected chi connectivity index (χ4v) is 5.28. The zero-order valence-electron chi connectivity index (χ0n) is 19.8. The van der Waals surface area contributed by atoms with Gasteiger partial charge in [-0.1, -0.05) is 81.1 Å². The van der Waals surface area contributed by atoms with E-state index in [1.165, 1.54) is 74.6 Å². The van der Waals surface area contributed by atoms with Gasteiger partial charge in [-0.2, -0.15) is 0 Å². The monoisotopic (exact) mass is 446 g/mol. The van der Waals surface area contributed by atoms with Gasteiger partial charge in [0.1, 0.15) is 11.6 Å². The van der Waals surface area contributed by atoms with E-state index in [9.17, 15) is 4.39 Å². The first-order valence-electron chi connectivity index (χ1n) is 12.8. The number of hydrogen-bond donors (Lipinski definition) is 0. The minimum Gasteiger partial charge on any atom is -0.207 e. The van der Waals surface area contributed by atoms with Gasteiger partial charge in [-0.3, -0.25) is 0 Å². The molecule has 4 rings (SSSR count). The molecule has 0 unspecified atom stereocenters. The molecule has 1 fully saturated rings.